The van der Waals surface area contributed by atoms with E-state index >= 15 is 0 Å². The number of ether oxygens (including phenoxy) is 1. The molecule has 0 bridgehead atoms. The quantitative estimate of drug-likeness (QED) is 0.438. The van der Waals surface area contributed by atoms with Crippen molar-refractivity contribution in [3.63, 3.8) is 0 Å². The summed E-state index contributed by atoms with van der Waals surface area (Å²) < 4.78 is 7.21. The summed E-state index contributed by atoms with van der Waals surface area (Å²) in [6.45, 7) is 3.76. The first-order chi connectivity index (χ1) is 12.1. The van der Waals surface area contributed by atoms with Gasteiger partial charge in [0.2, 0.25) is 0 Å². The van der Waals surface area contributed by atoms with Crippen LogP contribution in [0.3, 0.4) is 0 Å². The molecule has 0 unspecified atom stereocenters. The van der Waals surface area contributed by atoms with Crippen molar-refractivity contribution in [1.82, 2.24) is 20.4 Å². The minimum atomic E-state index is 0.828. The van der Waals surface area contributed by atoms with Crippen molar-refractivity contribution < 1.29 is 4.74 Å². The second-order valence-corrected chi connectivity index (χ2v) is 6.11. The predicted molar refractivity (Wildman–Crippen MR) is 102 cm³/mol. The van der Waals surface area contributed by atoms with Gasteiger partial charge in [0, 0.05) is 33.4 Å². The molecule has 1 heterocycles. The maximum atomic E-state index is 5.38. The molecule has 136 valence electrons. The Labute approximate surface area is 150 Å². The van der Waals surface area contributed by atoms with Crippen molar-refractivity contribution in [1.29, 1.82) is 0 Å². The molecule has 0 saturated carbocycles. The lowest BCUT2D eigenvalue weighted by Crippen LogP contribution is -2.38. The van der Waals surface area contributed by atoms with Crippen LogP contribution < -0.4 is 15.4 Å². The first-order valence-corrected chi connectivity index (χ1v) is 8.68. The summed E-state index contributed by atoms with van der Waals surface area (Å²) >= 11 is 0. The second kappa shape index (κ2) is 9.71. The SMILES string of the molecule is CN=C(NCCCc1cnn(C)c1)NCCc1ccc(C)c(OC)c1. The summed E-state index contributed by atoms with van der Waals surface area (Å²) in [6, 6.07) is 6.34. The molecule has 0 aliphatic heterocycles. The highest BCUT2D eigenvalue weighted by atomic mass is 16.5. The van der Waals surface area contributed by atoms with Crippen LogP contribution in [-0.4, -0.2) is 43.0 Å². The van der Waals surface area contributed by atoms with E-state index in [-0.39, 0.29) is 0 Å². The van der Waals surface area contributed by atoms with Crippen molar-refractivity contribution >= 4 is 5.96 Å². The third-order valence-corrected chi connectivity index (χ3v) is 4.10. The molecule has 1 aromatic heterocycles. The molecule has 25 heavy (non-hydrogen) atoms. The molecule has 0 radical (unpaired) electrons. The molecule has 2 rings (SSSR count). The minimum absolute atomic E-state index is 0.828. The number of methoxy groups -OCH3 is 1. The molecule has 6 nitrogen and oxygen atoms in total. The van der Waals surface area contributed by atoms with Gasteiger partial charge in [-0.3, -0.25) is 9.67 Å². The van der Waals surface area contributed by atoms with Crippen LogP contribution in [0, 0.1) is 6.92 Å². The van der Waals surface area contributed by atoms with E-state index in [1.807, 2.05) is 17.9 Å². The summed E-state index contributed by atoms with van der Waals surface area (Å²) in [7, 11) is 5.45. The van der Waals surface area contributed by atoms with E-state index in [1.165, 1.54) is 11.1 Å². The fraction of sp³-hybridized carbons (Fsp3) is 0.474. The Hall–Kier alpha value is -2.50. The van der Waals surface area contributed by atoms with Crippen LogP contribution in [0.2, 0.25) is 0 Å². The Morgan fingerprint density at radius 3 is 2.68 bits per heavy atom. The topological polar surface area (TPSA) is 63.5 Å². The van der Waals surface area contributed by atoms with Crippen LogP contribution in [0.1, 0.15) is 23.1 Å². The van der Waals surface area contributed by atoms with E-state index in [2.05, 4.69) is 52.0 Å². The van der Waals surface area contributed by atoms with Crippen molar-refractivity contribution in [3.05, 3.63) is 47.3 Å². The maximum absolute atomic E-state index is 5.38. The van der Waals surface area contributed by atoms with Gasteiger partial charge in [0.1, 0.15) is 5.75 Å². The molecule has 0 spiro atoms. The summed E-state index contributed by atoms with van der Waals surface area (Å²) in [4.78, 5) is 4.27. The number of hydrogen-bond donors (Lipinski definition) is 2. The molecule has 2 N–H and O–H groups in total. The maximum Gasteiger partial charge on any atom is 0.190 e. The van der Waals surface area contributed by atoms with Gasteiger partial charge in [-0.05, 0) is 48.9 Å². The zero-order valence-electron chi connectivity index (χ0n) is 15.7. The van der Waals surface area contributed by atoms with E-state index in [0.29, 0.717) is 0 Å². The van der Waals surface area contributed by atoms with Crippen molar-refractivity contribution in [2.24, 2.45) is 12.0 Å². The number of nitrogens with zero attached hydrogens (tertiary/aromatic N) is 3. The molecule has 1 aromatic carbocycles. The number of aliphatic imine (C=N–C) groups is 1. The zero-order valence-corrected chi connectivity index (χ0v) is 15.7. The first-order valence-electron chi connectivity index (χ1n) is 8.68. The van der Waals surface area contributed by atoms with Crippen LogP contribution in [0.25, 0.3) is 0 Å². The van der Waals surface area contributed by atoms with E-state index < -0.39 is 0 Å². The molecule has 6 heteroatoms. The number of aromatic nitrogens is 2. The Kier molecular flexibility index (Phi) is 7.32. The zero-order chi connectivity index (χ0) is 18.1. The van der Waals surface area contributed by atoms with E-state index in [1.54, 1.807) is 14.2 Å². The highest BCUT2D eigenvalue weighted by Gasteiger charge is 2.02. The standard InChI is InChI=1S/C19H29N5O/c1-15-7-8-16(12-18(15)25-4)9-11-22-19(20-2)21-10-5-6-17-13-23-24(3)14-17/h7-8,12-14H,5-6,9-11H2,1-4H3,(H2,20,21,22). The number of rotatable bonds is 8. The highest BCUT2D eigenvalue weighted by molar-refractivity contribution is 5.79. The van der Waals surface area contributed by atoms with E-state index in [9.17, 15) is 0 Å². The number of benzene rings is 1. The Bertz CT molecular complexity index is 693. The number of aryl methyl sites for hydroxylation is 3. The minimum Gasteiger partial charge on any atom is -0.496 e. The van der Waals surface area contributed by atoms with Crippen LogP contribution in [0.4, 0.5) is 0 Å². The molecular weight excluding hydrogens is 314 g/mol. The number of nitrogens with one attached hydrogen (secondary N) is 2. The van der Waals surface area contributed by atoms with Gasteiger partial charge < -0.3 is 15.4 Å². The Morgan fingerprint density at radius 1 is 1.20 bits per heavy atom. The van der Waals surface area contributed by atoms with E-state index in [4.69, 9.17) is 4.74 Å². The third-order valence-electron chi connectivity index (χ3n) is 4.10. The van der Waals surface area contributed by atoms with Crippen LogP contribution in [0.15, 0.2) is 35.6 Å². The van der Waals surface area contributed by atoms with Gasteiger partial charge in [0.15, 0.2) is 5.96 Å². The average Bonchev–Trinajstić information content (AvgIpc) is 3.03. The van der Waals surface area contributed by atoms with Gasteiger partial charge in [-0.1, -0.05) is 12.1 Å². The summed E-state index contributed by atoms with van der Waals surface area (Å²) in [6.07, 6.45) is 6.96. The summed E-state index contributed by atoms with van der Waals surface area (Å²) in [5, 5.41) is 10.9. The lowest BCUT2D eigenvalue weighted by molar-refractivity contribution is 0.411. The molecule has 0 fully saturated rings. The summed E-state index contributed by atoms with van der Waals surface area (Å²) in [5.41, 5.74) is 3.67. The van der Waals surface area contributed by atoms with Gasteiger partial charge in [-0.25, -0.2) is 0 Å². The molecule has 0 amide bonds. The predicted octanol–water partition coefficient (Wildman–Crippen LogP) is 2.08. The average molecular weight is 343 g/mol. The highest BCUT2D eigenvalue weighted by Crippen LogP contribution is 2.18. The molecule has 2 aromatic rings. The molecular formula is C19H29N5O. The van der Waals surface area contributed by atoms with Crippen LogP contribution >= 0.6 is 0 Å². The number of guanidine groups is 1. The molecule has 0 aliphatic carbocycles. The lowest BCUT2D eigenvalue weighted by Gasteiger charge is -2.12. The Balaban J connectivity index is 1.68. The van der Waals surface area contributed by atoms with Crippen LogP contribution in [-0.2, 0) is 19.9 Å². The second-order valence-electron chi connectivity index (χ2n) is 6.11. The smallest absolute Gasteiger partial charge is 0.190 e. The largest absolute Gasteiger partial charge is 0.496 e. The van der Waals surface area contributed by atoms with Gasteiger partial charge >= 0.3 is 0 Å². The fourth-order valence-electron chi connectivity index (χ4n) is 2.67. The van der Waals surface area contributed by atoms with Crippen molar-refractivity contribution in [3.8, 4) is 5.75 Å². The normalized spacial score (nSPS) is 11.4. The third kappa shape index (κ3) is 6.14. The van der Waals surface area contributed by atoms with Gasteiger partial charge in [-0.2, -0.15) is 5.10 Å². The lowest BCUT2D eigenvalue weighted by atomic mass is 10.1. The van der Waals surface area contributed by atoms with Gasteiger partial charge in [-0.15, -0.1) is 0 Å². The number of hydrogen-bond acceptors (Lipinski definition) is 3. The van der Waals surface area contributed by atoms with E-state index in [0.717, 1.165) is 49.6 Å². The molecule has 0 aliphatic rings. The van der Waals surface area contributed by atoms with Gasteiger partial charge in [0.05, 0.1) is 13.3 Å². The molecule has 0 saturated heterocycles. The summed E-state index contributed by atoms with van der Waals surface area (Å²) in [5.74, 6) is 1.78. The Morgan fingerprint density at radius 2 is 2.00 bits per heavy atom. The van der Waals surface area contributed by atoms with Gasteiger partial charge in [0.25, 0.3) is 0 Å². The monoisotopic (exact) mass is 343 g/mol. The fourth-order valence-corrected chi connectivity index (χ4v) is 2.67. The van der Waals surface area contributed by atoms with Crippen LogP contribution in [0.5, 0.6) is 5.75 Å². The molecule has 0 atom stereocenters. The first kappa shape index (κ1) is 18.8. The van der Waals surface area contributed by atoms with Crippen molar-refractivity contribution in [2.45, 2.75) is 26.2 Å². The van der Waals surface area contributed by atoms with Crippen molar-refractivity contribution in [2.75, 3.05) is 27.2 Å².